The Labute approximate surface area is 126 Å². The van der Waals surface area contributed by atoms with Crippen LogP contribution in [0.25, 0.3) is 0 Å². The van der Waals surface area contributed by atoms with E-state index in [9.17, 15) is 5.11 Å². The van der Waals surface area contributed by atoms with Crippen molar-refractivity contribution in [2.45, 2.75) is 50.9 Å². The predicted molar refractivity (Wildman–Crippen MR) is 82.1 cm³/mol. The Kier molecular flexibility index (Phi) is 2.97. The third-order valence-corrected chi connectivity index (χ3v) is 6.04. The molecule has 2 aliphatic carbocycles. The molecule has 114 valence electrons. The Morgan fingerprint density at radius 1 is 1.33 bits per heavy atom. The molecule has 3 heteroatoms. The number of aryl methyl sites for hydroxylation is 1. The molecule has 3 nitrogen and oxygen atoms in total. The number of fused-ring (bicyclic) bond motifs is 2. The van der Waals surface area contributed by atoms with Crippen LogP contribution in [0.3, 0.4) is 0 Å². The lowest BCUT2D eigenvalue weighted by atomic mass is 9.57. The summed E-state index contributed by atoms with van der Waals surface area (Å²) in [6.45, 7) is 6.11. The maximum absolute atomic E-state index is 11.0. The van der Waals surface area contributed by atoms with Gasteiger partial charge in [0.05, 0.1) is 6.10 Å². The zero-order chi connectivity index (χ0) is 14.7. The quantitative estimate of drug-likeness (QED) is 0.896. The minimum absolute atomic E-state index is 0.176. The maximum atomic E-state index is 11.0. The van der Waals surface area contributed by atoms with E-state index in [4.69, 9.17) is 4.74 Å². The molecule has 4 rings (SSSR count). The zero-order valence-electron chi connectivity index (χ0n) is 12.9. The highest BCUT2D eigenvalue weighted by molar-refractivity contribution is 5.37. The SMILES string of the molecule is CC1(C)C(NCC2(O)CCc3ccccc32)C2CCOC21. The maximum Gasteiger partial charge on any atom is 0.103 e. The fourth-order valence-electron chi connectivity index (χ4n) is 4.87. The average molecular weight is 287 g/mol. The highest BCUT2D eigenvalue weighted by Crippen LogP contribution is 2.52. The van der Waals surface area contributed by atoms with Crippen molar-refractivity contribution < 1.29 is 9.84 Å². The molecule has 1 saturated carbocycles. The van der Waals surface area contributed by atoms with Crippen molar-refractivity contribution in [3.8, 4) is 0 Å². The second-order valence-electron chi connectivity index (χ2n) is 7.61. The molecule has 0 spiro atoms. The molecular formula is C18H25NO2. The third-order valence-electron chi connectivity index (χ3n) is 6.04. The second-order valence-corrected chi connectivity index (χ2v) is 7.61. The standard InChI is InChI=1S/C18H25NO2/c1-17(2)15(13-8-10-21-16(13)17)19-11-18(20)9-7-12-5-3-4-6-14(12)18/h3-6,13,15-16,19-20H,7-11H2,1-2H3. The molecule has 21 heavy (non-hydrogen) atoms. The van der Waals surface area contributed by atoms with Gasteiger partial charge in [0.2, 0.25) is 0 Å². The Bertz CT molecular complexity index is 556. The highest BCUT2D eigenvalue weighted by atomic mass is 16.5. The second kappa shape index (κ2) is 4.55. The van der Waals surface area contributed by atoms with Gasteiger partial charge in [-0.05, 0) is 30.4 Å². The van der Waals surface area contributed by atoms with Crippen molar-refractivity contribution in [1.82, 2.24) is 5.32 Å². The van der Waals surface area contributed by atoms with Crippen molar-refractivity contribution in [1.29, 1.82) is 0 Å². The lowest BCUT2D eigenvalue weighted by Gasteiger charge is -2.55. The minimum Gasteiger partial charge on any atom is -0.384 e. The zero-order valence-corrected chi connectivity index (χ0v) is 12.9. The summed E-state index contributed by atoms with van der Waals surface area (Å²) in [4.78, 5) is 0. The summed E-state index contributed by atoms with van der Waals surface area (Å²) in [5.74, 6) is 0.625. The topological polar surface area (TPSA) is 41.5 Å². The first-order valence-electron chi connectivity index (χ1n) is 8.18. The number of nitrogens with one attached hydrogen (secondary N) is 1. The highest BCUT2D eigenvalue weighted by Gasteiger charge is 2.59. The van der Waals surface area contributed by atoms with Crippen LogP contribution in [0.1, 0.15) is 37.8 Å². The van der Waals surface area contributed by atoms with Gasteiger partial charge in [0.15, 0.2) is 0 Å². The molecule has 4 unspecified atom stereocenters. The number of hydrogen-bond donors (Lipinski definition) is 2. The lowest BCUT2D eigenvalue weighted by Crippen LogP contribution is -2.66. The van der Waals surface area contributed by atoms with Gasteiger partial charge in [-0.15, -0.1) is 0 Å². The lowest BCUT2D eigenvalue weighted by molar-refractivity contribution is -0.117. The third kappa shape index (κ3) is 1.91. The molecule has 4 atom stereocenters. The molecule has 0 radical (unpaired) electrons. The molecule has 1 aromatic carbocycles. The Balaban J connectivity index is 1.48. The molecule has 0 bridgehead atoms. The van der Waals surface area contributed by atoms with Gasteiger partial charge >= 0.3 is 0 Å². The van der Waals surface area contributed by atoms with Gasteiger partial charge in [-0.3, -0.25) is 0 Å². The van der Waals surface area contributed by atoms with Crippen molar-refractivity contribution >= 4 is 0 Å². The molecule has 1 heterocycles. The molecule has 3 aliphatic rings. The first kappa shape index (κ1) is 13.7. The van der Waals surface area contributed by atoms with E-state index >= 15 is 0 Å². The van der Waals surface area contributed by atoms with Gasteiger partial charge in [-0.1, -0.05) is 38.1 Å². The van der Waals surface area contributed by atoms with E-state index in [-0.39, 0.29) is 5.41 Å². The first-order chi connectivity index (χ1) is 10.0. The van der Waals surface area contributed by atoms with Gasteiger partial charge in [-0.2, -0.15) is 0 Å². The van der Waals surface area contributed by atoms with Gasteiger partial charge < -0.3 is 15.2 Å². The number of benzene rings is 1. The molecule has 1 aromatic rings. The van der Waals surface area contributed by atoms with Gasteiger partial charge in [0.1, 0.15) is 5.60 Å². The monoisotopic (exact) mass is 287 g/mol. The summed E-state index contributed by atoms with van der Waals surface area (Å²) in [6, 6.07) is 8.78. The summed E-state index contributed by atoms with van der Waals surface area (Å²) in [7, 11) is 0. The Morgan fingerprint density at radius 3 is 3.00 bits per heavy atom. The van der Waals surface area contributed by atoms with Crippen LogP contribution in [0.5, 0.6) is 0 Å². The van der Waals surface area contributed by atoms with E-state index in [1.165, 1.54) is 5.56 Å². The molecule has 0 amide bonds. The fourth-order valence-corrected chi connectivity index (χ4v) is 4.87. The van der Waals surface area contributed by atoms with Crippen LogP contribution >= 0.6 is 0 Å². The molecule has 1 aliphatic heterocycles. The Hall–Kier alpha value is -0.900. The van der Waals surface area contributed by atoms with E-state index in [1.807, 2.05) is 6.07 Å². The van der Waals surface area contributed by atoms with Crippen molar-refractivity contribution in [3.63, 3.8) is 0 Å². The van der Waals surface area contributed by atoms with Crippen LogP contribution in [-0.4, -0.2) is 30.4 Å². The number of rotatable bonds is 3. The number of hydrogen-bond acceptors (Lipinski definition) is 3. The molecule has 0 aromatic heterocycles. The smallest absolute Gasteiger partial charge is 0.103 e. The van der Waals surface area contributed by atoms with E-state index in [2.05, 4.69) is 37.4 Å². The van der Waals surface area contributed by atoms with Gasteiger partial charge in [0, 0.05) is 30.5 Å². The van der Waals surface area contributed by atoms with Crippen molar-refractivity contribution in [2.75, 3.05) is 13.2 Å². The van der Waals surface area contributed by atoms with Crippen LogP contribution in [0.2, 0.25) is 0 Å². The average Bonchev–Trinajstić information content (AvgIpc) is 3.04. The van der Waals surface area contributed by atoms with Crippen molar-refractivity contribution in [2.24, 2.45) is 11.3 Å². The minimum atomic E-state index is -0.697. The van der Waals surface area contributed by atoms with Gasteiger partial charge in [0.25, 0.3) is 0 Å². The normalized spacial score (nSPS) is 39.7. The van der Waals surface area contributed by atoms with Crippen LogP contribution in [0.15, 0.2) is 24.3 Å². The molecule has 1 saturated heterocycles. The summed E-state index contributed by atoms with van der Waals surface area (Å²) in [5.41, 5.74) is 1.90. The predicted octanol–water partition coefficient (Wildman–Crippen LogP) is 2.22. The van der Waals surface area contributed by atoms with Gasteiger partial charge in [-0.25, -0.2) is 0 Å². The fraction of sp³-hybridized carbons (Fsp3) is 0.667. The first-order valence-corrected chi connectivity index (χ1v) is 8.18. The van der Waals surface area contributed by atoms with E-state index < -0.39 is 5.60 Å². The van der Waals surface area contributed by atoms with Crippen LogP contribution in [0, 0.1) is 11.3 Å². The summed E-state index contributed by atoms with van der Waals surface area (Å²) < 4.78 is 5.85. The van der Waals surface area contributed by atoms with E-state index in [1.54, 1.807) is 0 Å². The van der Waals surface area contributed by atoms with E-state index in [0.29, 0.717) is 24.6 Å². The van der Waals surface area contributed by atoms with E-state index in [0.717, 1.165) is 31.4 Å². The molecule has 2 fully saturated rings. The summed E-state index contributed by atoms with van der Waals surface area (Å²) in [6.07, 6.45) is 3.37. The number of aliphatic hydroxyl groups is 1. The van der Waals surface area contributed by atoms with Crippen LogP contribution in [-0.2, 0) is 16.8 Å². The van der Waals surface area contributed by atoms with Crippen LogP contribution < -0.4 is 5.32 Å². The summed E-state index contributed by atoms with van der Waals surface area (Å²) >= 11 is 0. The number of ether oxygens (including phenoxy) is 1. The Morgan fingerprint density at radius 2 is 2.14 bits per heavy atom. The van der Waals surface area contributed by atoms with Crippen molar-refractivity contribution in [3.05, 3.63) is 35.4 Å². The van der Waals surface area contributed by atoms with Crippen LogP contribution in [0.4, 0.5) is 0 Å². The summed E-state index contributed by atoms with van der Waals surface area (Å²) in [5, 5.41) is 14.7. The molecular weight excluding hydrogens is 262 g/mol. The largest absolute Gasteiger partial charge is 0.384 e. The molecule has 2 N–H and O–H groups in total.